The summed E-state index contributed by atoms with van der Waals surface area (Å²) < 4.78 is 22.9. The van der Waals surface area contributed by atoms with Crippen LogP contribution < -0.4 is 5.48 Å². The van der Waals surface area contributed by atoms with Gasteiger partial charge >= 0.3 is 14.9 Å². The van der Waals surface area contributed by atoms with E-state index >= 15 is 0 Å². The molecule has 1 amide bonds. The predicted octanol–water partition coefficient (Wildman–Crippen LogP) is 6.92. The van der Waals surface area contributed by atoms with Crippen LogP contribution in [0.2, 0.25) is 6.04 Å². The molecule has 0 heterocycles. The second-order valence-electron chi connectivity index (χ2n) is 9.18. The molecule has 0 fully saturated rings. The maximum Gasteiger partial charge on any atom is 0.500 e. The van der Waals surface area contributed by atoms with Gasteiger partial charge in [0.15, 0.2) is 0 Å². The van der Waals surface area contributed by atoms with E-state index in [1.165, 1.54) is 38.2 Å². The van der Waals surface area contributed by atoms with Crippen molar-refractivity contribution in [3.8, 4) is 0 Å². The van der Waals surface area contributed by atoms with Crippen LogP contribution in [0.5, 0.6) is 0 Å². The highest BCUT2D eigenvalue weighted by Gasteiger charge is 2.39. The summed E-state index contributed by atoms with van der Waals surface area (Å²) in [5.74, 6) is -0.307. The Kier molecular flexibility index (Phi) is 18.6. The highest BCUT2D eigenvalue weighted by atomic mass is 28.4. The molecule has 1 unspecified atom stereocenters. The molecule has 11 heteroatoms. The number of carbonyl (C=O) groups is 1. The van der Waals surface area contributed by atoms with Gasteiger partial charge in [-0.1, -0.05) is 70.1 Å². The molecule has 0 bridgehead atoms. The third-order valence-corrected chi connectivity index (χ3v) is 9.26. The number of carbonyl (C=O) groups excluding carboxylic acids is 1. The van der Waals surface area contributed by atoms with Gasteiger partial charge in [-0.05, 0) is 33.6 Å². The van der Waals surface area contributed by atoms with E-state index in [1.807, 2.05) is 20.8 Å². The lowest BCUT2D eigenvalue weighted by Gasteiger charge is -2.28. The minimum atomic E-state index is -2.50. The summed E-state index contributed by atoms with van der Waals surface area (Å²) in [4.78, 5) is 27.7. The van der Waals surface area contributed by atoms with Crippen molar-refractivity contribution in [1.82, 2.24) is 5.48 Å². The van der Waals surface area contributed by atoms with E-state index in [-0.39, 0.29) is 18.2 Å². The smallest absolute Gasteiger partial charge is 0.447 e. The number of nitro benzene ring substituents is 1. The van der Waals surface area contributed by atoms with Crippen LogP contribution >= 0.6 is 0 Å². The Balaban J connectivity index is 2.02. The largest absolute Gasteiger partial charge is 0.500 e. The normalized spacial score (nSPS) is 12.3. The molecule has 0 saturated carbocycles. The van der Waals surface area contributed by atoms with Gasteiger partial charge in [-0.2, -0.15) is 5.48 Å². The first-order valence-electron chi connectivity index (χ1n) is 14.1. The molecule has 1 aromatic carbocycles. The van der Waals surface area contributed by atoms with Gasteiger partial charge < -0.3 is 18.0 Å². The van der Waals surface area contributed by atoms with Gasteiger partial charge in [-0.25, -0.2) is 4.79 Å². The number of hydroxylamine groups is 1. The van der Waals surface area contributed by atoms with Crippen LogP contribution in [0.25, 0.3) is 0 Å². The molecule has 10 nitrogen and oxygen atoms in total. The van der Waals surface area contributed by atoms with Gasteiger partial charge in [0.2, 0.25) is 0 Å². The second kappa shape index (κ2) is 20.9. The van der Waals surface area contributed by atoms with Crippen molar-refractivity contribution in [1.29, 1.82) is 0 Å². The van der Waals surface area contributed by atoms with Crippen molar-refractivity contribution >= 4 is 20.6 Å². The highest BCUT2D eigenvalue weighted by molar-refractivity contribution is 6.60. The molecule has 218 valence electrons. The summed E-state index contributed by atoms with van der Waals surface area (Å²) in [6.45, 7) is 10.1. The van der Waals surface area contributed by atoms with Crippen molar-refractivity contribution in [3.63, 3.8) is 0 Å². The molecule has 0 radical (unpaired) electrons. The molecular formula is C27H48N2O8Si. The van der Waals surface area contributed by atoms with E-state index in [0.29, 0.717) is 32.0 Å². The standard InChI is InChI=1S/C27H48N2O8Si/c1-5-35-38(36-6-2,37-7-3)22-18-14-12-10-8-9-11-13-17-21-34-28-27(30)33-23-24(4)25-19-15-16-20-26(25)29(31)32/h15-16,19-20,24H,5-14,17-18,21-23H2,1-4H3,(H,28,30). The van der Waals surface area contributed by atoms with Crippen molar-refractivity contribution in [2.45, 2.75) is 97.4 Å². The maximum absolute atomic E-state index is 11.8. The summed E-state index contributed by atoms with van der Waals surface area (Å²) in [5.41, 5.74) is 2.82. The number of amides is 1. The lowest BCUT2D eigenvalue weighted by atomic mass is 10.0. The van der Waals surface area contributed by atoms with Crippen LogP contribution in [-0.2, 0) is 22.9 Å². The molecule has 0 spiro atoms. The Morgan fingerprint density at radius 3 is 1.97 bits per heavy atom. The molecular weight excluding hydrogens is 508 g/mol. The fourth-order valence-electron chi connectivity index (χ4n) is 4.25. The van der Waals surface area contributed by atoms with Crippen LogP contribution in [0.3, 0.4) is 0 Å². The van der Waals surface area contributed by atoms with Gasteiger partial charge in [0.25, 0.3) is 5.69 Å². The van der Waals surface area contributed by atoms with Crippen LogP contribution in [0.1, 0.15) is 97.0 Å². The molecule has 38 heavy (non-hydrogen) atoms. The third kappa shape index (κ3) is 14.2. The summed E-state index contributed by atoms with van der Waals surface area (Å²) in [6.07, 6.45) is 9.41. The van der Waals surface area contributed by atoms with E-state index < -0.39 is 19.8 Å². The summed E-state index contributed by atoms with van der Waals surface area (Å²) >= 11 is 0. The first-order valence-corrected chi connectivity index (χ1v) is 16.0. The SMILES string of the molecule is CCO[Si](CCCCCCCCCCCONC(=O)OCC(C)c1ccccc1[N+](=O)[O-])(OCC)OCC. The number of nitrogens with one attached hydrogen (secondary N) is 1. The molecule has 0 aliphatic carbocycles. The van der Waals surface area contributed by atoms with Gasteiger partial charge in [0.1, 0.15) is 6.61 Å². The second-order valence-corrected chi connectivity index (χ2v) is 11.9. The Labute approximate surface area is 229 Å². The van der Waals surface area contributed by atoms with Crippen LogP contribution in [0.4, 0.5) is 10.5 Å². The van der Waals surface area contributed by atoms with Gasteiger partial charge in [-0.3, -0.25) is 15.0 Å². The monoisotopic (exact) mass is 556 g/mol. The first-order chi connectivity index (χ1) is 18.4. The van der Waals surface area contributed by atoms with Crippen LogP contribution in [0, 0.1) is 10.1 Å². The summed E-state index contributed by atoms with van der Waals surface area (Å²) in [7, 11) is -2.50. The van der Waals surface area contributed by atoms with E-state index in [9.17, 15) is 14.9 Å². The minimum absolute atomic E-state index is 0.0188. The van der Waals surface area contributed by atoms with E-state index in [2.05, 4.69) is 5.48 Å². The number of nitro groups is 1. The Morgan fingerprint density at radius 2 is 1.42 bits per heavy atom. The van der Waals surface area contributed by atoms with Crippen molar-refractivity contribution < 1.29 is 32.6 Å². The van der Waals surface area contributed by atoms with E-state index in [1.54, 1.807) is 25.1 Å². The van der Waals surface area contributed by atoms with Crippen molar-refractivity contribution in [2.75, 3.05) is 33.0 Å². The van der Waals surface area contributed by atoms with Crippen molar-refractivity contribution in [2.24, 2.45) is 0 Å². The fraction of sp³-hybridized carbons (Fsp3) is 0.741. The Morgan fingerprint density at radius 1 is 0.895 bits per heavy atom. The lowest BCUT2D eigenvalue weighted by Crippen LogP contribution is -2.45. The zero-order valence-electron chi connectivity index (χ0n) is 23.7. The number of rotatable bonds is 23. The summed E-state index contributed by atoms with van der Waals surface area (Å²) in [6, 6.07) is 7.34. The molecule has 0 saturated heterocycles. The third-order valence-electron chi connectivity index (χ3n) is 6.11. The molecule has 1 rings (SSSR count). The quantitative estimate of drug-likeness (QED) is 0.0668. The highest BCUT2D eigenvalue weighted by Crippen LogP contribution is 2.26. The lowest BCUT2D eigenvalue weighted by molar-refractivity contribution is -0.385. The molecule has 1 atom stereocenters. The number of benzene rings is 1. The molecule has 1 N–H and O–H groups in total. The van der Waals surface area contributed by atoms with Gasteiger partial charge in [0, 0.05) is 43.4 Å². The first kappa shape index (κ1) is 34.0. The predicted molar refractivity (Wildman–Crippen MR) is 149 cm³/mol. The van der Waals surface area contributed by atoms with E-state index in [0.717, 1.165) is 31.7 Å². The number of unbranched alkanes of at least 4 members (excludes halogenated alkanes) is 8. The molecule has 0 aliphatic rings. The number of nitrogens with zero attached hydrogens (tertiary/aromatic N) is 1. The van der Waals surface area contributed by atoms with Gasteiger partial charge in [0.05, 0.1) is 11.5 Å². The zero-order valence-corrected chi connectivity index (χ0v) is 24.7. The fourth-order valence-corrected chi connectivity index (χ4v) is 6.94. The number of hydrogen-bond acceptors (Lipinski definition) is 8. The number of para-hydroxylation sites is 1. The number of hydrogen-bond donors (Lipinski definition) is 1. The average molecular weight is 557 g/mol. The van der Waals surface area contributed by atoms with Crippen LogP contribution in [0.15, 0.2) is 24.3 Å². The molecule has 0 aromatic heterocycles. The van der Waals surface area contributed by atoms with Crippen molar-refractivity contribution in [3.05, 3.63) is 39.9 Å². The number of ether oxygens (including phenoxy) is 1. The maximum atomic E-state index is 11.8. The topological polar surface area (TPSA) is 118 Å². The van der Waals surface area contributed by atoms with Crippen LogP contribution in [-0.4, -0.2) is 52.9 Å². The molecule has 0 aliphatic heterocycles. The Hall–Kier alpha value is -2.05. The summed E-state index contributed by atoms with van der Waals surface area (Å²) in [5, 5.41) is 11.1. The van der Waals surface area contributed by atoms with Gasteiger partial charge in [-0.15, -0.1) is 0 Å². The molecule has 1 aromatic rings. The minimum Gasteiger partial charge on any atom is -0.447 e. The zero-order chi connectivity index (χ0) is 28.1. The Bertz CT molecular complexity index is 766. The average Bonchev–Trinajstić information content (AvgIpc) is 2.90. The van der Waals surface area contributed by atoms with E-state index in [4.69, 9.17) is 22.9 Å².